The monoisotopic (exact) mass is 243 g/mol. The Bertz CT molecular complexity index is 221. The molecule has 96 valence electrons. The van der Waals surface area contributed by atoms with Crippen molar-refractivity contribution in [2.45, 2.75) is 25.6 Å². The van der Waals surface area contributed by atoms with Gasteiger partial charge in [-0.15, -0.1) is 0 Å². The highest BCUT2D eigenvalue weighted by Gasteiger charge is 2.44. The van der Waals surface area contributed by atoms with Gasteiger partial charge in [0.05, 0.1) is 6.61 Å². The first-order valence-corrected chi connectivity index (χ1v) is 4.84. The summed E-state index contributed by atoms with van der Waals surface area (Å²) in [5.41, 5.74) is 0. The summed E-state index contributed by atoms with van der Waals surface area (Å²) in [6.45, 7) is 1.39. The van der Waals surface area contributed by atoms with E-state index >= 15 is 0 Å². The first-order chi connectivity index (χ1) is 7.32. The van der Waals surface area contributed by atoms with Crippen LogP contribution in [0, 0.1) is 5.92 Å². The highest BCUT2D eigenvalue weighted by molar-refractivity contribution is 5.71. The number of methoxy groups -OCH3 is 1. The number of hydrogen-bond donors (Lipinski definition) is 2. The molecular weight excluding hydrogens is 227 g/mol. The zero-order valence-corrected chi connectivity index (χ0v) is 9.17. The zero-order valence-electron chi connectivity index (χ0n) is 9.17. The molecule has 0 radical (unpaired) electrons. The molecule has 0 spiro atoms. The van der Waals surface area contributed by atoms with E-state index in [0.29, 0.717) is 6.42 Å². The maximum absolute atomic E-state index is 12.3. The summed E-state index contributed by atoms with van der Waals surface area (Å²) in [5, 5.41) is 11.0. The van der Waals surface area contributed by atoms with Crippen LogP contribution in [-0.2, 0) is 9.53 Å². The SMILES string of the molecule is CCC(COC)NCC(C(=O)O)C(F)(F)F. The molecule has 0 heterocycles. The number of carbonyl (C=O) groups is 1. The van der Waals surface area contributed by atoms with Crippen molar-refractivity contribution in [1.82, 2.24) is 5.32 Å². The number of carboxylic acids is 1. The van der Waals surface area contributed by atoms with E-state index in [-0.39, 0.29) is 12.6 Å². The van der Waals surface area contributed by atoms with Gasteiger partial charge in [0.2, 0.25) is 0 Å². The van der Waals surface area contributed by atoms with Crippen molar-refractivity contribution in [3.63, 3.8) is 0 Å². The van der Waals surface area contributed by atoms with Crippen LogP contribution in [0.15, 0.2) is 0 Å². The standard InChI is InChI=1S/C9H16F3NO3/c1-3-6(5-16-2)13-4-7(8(14)15)9(10,11)12/h6-7,13H,3-5H2,1-2H3,(H,14,15). The average Bonchev–Trinajstić information content (AvgIpc) is 2.13. The smallest absolute Gasteiger partial charge is 0.403 e. The predicted molar refractivity (Wildman–Crippen MR) is 51.1 cm³/mol. The van der Waals surface area contributed by atoms with Crippen molar-refractivity contribution in [2.24, 2.45) is 5.92 Å². The van der Waals surface area contributed by atoms with Gasteiger partial charge >= 0.3 is 12.1 Å². The van der Waals surface area contributed by atoms with Gasteiger partial charge in [0.1, 0.15) is 0 Å². The van der Waals surface area contributed by atoms with Crippen LogP contribution in [0.1, 0.15) is 13.3 Å². The Hall–Kier alpha value is -0.820. The number of hydrogen-bond acceptors (Lipinski definition) is 3. The summed E-state index contributed by atoms with van der Waals surface area (Å²) in [6, 6.07) is -0.269. The normalized spacial score (nSPS) is 15.8. The van der Waals surface area contributed by atoms with Crippen LogP contribution < -0.4 is 5.32 Å². The summed E-state index contributed by atoms with van der Waals surface area (Å²) in [4.78, 5) is 10.4. The van der Waals surface area contributed by atoms with E-state index in [4.69, 9.17) is 9.84 Å². The molecule has 0 rings (SSSR count). The lowest BCUT2D eigenvalue weighted by Crippen LogP contribution is -2.43. The molecule has 0 aromatic rings. The molecule has 0 aliphatic carbocycles. The van der Waals surface area contributed by atoms with E-state index in [1.165, 1.54) is 7.11 Å². The second-order valence-corrected chi connectivity index (χ2v) is 3.40. The van der Waals surface area contributed by atoms with Crippen molar-refractivity contribution >= 4 is 5.97 Å². The van der Waals surface area contributed by atoms with Gasteiger partial charge in [-0.3, -0.25) is 4.79 Å². The third-order valence-electron chi connectivity index (χ3n) is 2.16. The summed E-state index contributed by atoms with van der Waals surface area (Å²) < 4.78 is 41.6. The summed E-state index contributed by atoms with van der Waals surface area (Å²) >= 11 is 0. The van der Waals surface area contributed by atoms with Gasteiger partial charge in [0.15, 0.2) is 5.92 Å². The molecule has 0 saturated heterocycles. The van der Waals surface area contributed by atoms with Crippen molar-refractivity contribution < 1.29 is 27.8 Å². The quantitative estimate of drug-likeness (QED) is 0.706. The maximum atomic E-state index is 12.3. The largest absolute Gasteiger partial charge is 0.481 e. The van der Waals surface area contributed by atoms with Crippen molar-refractivity contribution in [3.05, 3.63) is 0 Å². The Morgan fingerprint density at radius 2 is 2.06 bits per heavy atom. The molecule has 0 aromatic carbocycles. The molecule has 0 saturated carbocycles. The predicted octanol–water partition coefficient (Wildman–Crippen LogP) is 1.26. The lowest BCUT2D eigenvalue weighted by atomic mass is 10.1. The fourth-order valence-electron chi connectivity index (χ4n) is 1.15. The molecule has 0 aromatic heterocycles. The van der Waals surface area contributed by atoms with Crippen molar-refractivity contribution in [3.8, 4) is 0 Å². The Morgan fingerprint density at radius 1 is 1.50 bits per heavy atom. The van der Waals surface area contributed by atoms with Crippen molar-refractivity contribution in [2.75, 3.05) is 20.3 Å². The van der Waals surface area contributed by atoms with Gasteiger partial charge in [-0.05, 0) is 6.42 Å². The van der Waals surface area contributed by atoms with Crippen LogP contribution in [0.3, 0.4) is 0 Å². The molecule has 2 unspecified atom stereocenters. The van der Waals surface area contributed by atoms with Crippen LogP contribution in [0.25, 0.3) is 0 Å². The molecule has 4 nitrogen and oxygen atoms in total. The van der Waals surface area contributed by atoms with E-state index in [0.717, 1.165) is 0 Å². The molecule has 0 aliphatic heterocycles. The summed E-state index contributed by atoms with van der Waals surface area (Å²) in [7, 11) is 1.43. The summed E-state index contributed by atoms with van der Waals surface area (Å²) in [6.07, 6.45) is -4.16. The van der Waals surface area contributed by atoms with Crippen LogP contribution >= 0.6 is 0 Å². The first kappa shape index (κ1) is 15.2. The molecule has 7 heteroatoms. The van der Waals surface area contributed by atoms with Gasteiger partial charge in [0, 0.05) is 19.7 Å². The Morgan fingerprint density at radius 3 is 2.38 bits per heavy atom. The molecule has 2 atom stereocenters. The Labute approximate surface area is 91.8 Å². The minimum absolute atomic E-state index is 0.251. The van der Waals surface area contributed by atoms with E-state index in [9.17, 15) is 18.0 Å². The first-order valence-electron chi connectivity index (χ1n) is 4.84. The van der Waals surface area contributed by atoms with Crippen LogP contribution in [0.4, 0.5) is 13.2 Å². The number of aliphatic carboxylic acids is 1. The van der Waals surface area contributed by atoms with Gasteiger partial charge in [-0.2, -0.15) is 13.2 Å². The third-order valence-corrected chi connectivity index (χ3v) is 2.16. The minimum Gasteiger partial charge on any atom is -0.481 e. The maximum Gasteiger partial charge on any atom is 0.403 e. The highest BCUT2D eigenvalue weighted by atomic mass is 19.4. The number of carboxylic acid groups (broad SMARTS) is 1. The molecule has 2 N–H and O–H groups in total. The van der Waals surface area contributed by atoms with E-state index in [1.807, 2.05) is 0 Å². The lowest BCUT2D eigenvalue weighted by molar-refractivity contribution is -0.192. The fraction of sp³-hybridized carbons (Fsp3) is 0.889. The summed E-state index contributed by atoms with van der Waals surface area (Å²) in [5.74, 6) is -4.24. The zero-order chi connectivity index (χ0) is 12.8. The number of nitrogens with one attached hydrogen (secondary N) is 1. The van der Waals surface area contributed by atoms with Gasteiger partial charge in [-0.25, -0.2) is 0 Å². The minimum atomic E-state index is -4.73. The number of alkyl halides is 3. The second kappa shape index (κ2) is 6.70. The molecule has 0 aliphatic rings. The number of halogens is 3. The van der Waals surface area contributed by atoms with Gasteiger partial charge in [0.25, 0.3) is 0 Å². The molecule has 16 heavy (non-hydrogen) atoms. The van der Waals surface area contributed by atoms with Gasteiger partial charge < -0.3 is 15.2 Å². The Balaban J connectivity index is 4.26. The van der Waals surface area contributed by atoms with E-state index < -0.39 is 24.6 Å². The fourth-order valence-corrected chi connectivity index (χ4v) is 1.15. The average molecular weight is 243 g/mol. The molecule has 0 amide bonds. The van der Waals surface area contributed by atoms with E-state index in [1.54, 1.807) is 6.92 Å². The number of rotatable bonds is 7. The second-order valence-electron chi connectivity index (χ2n) is 3.40. The number of ether oxygens (including phenoxy) is 1. The van der Waals surface area contributed by atoms with E-state index in [2.05, 4.69) is 5.32 Å². The Kier molecular flexibility index (Phi) is 6.35. The van der Waals surface area contributed by atoms with Crippen LogP contribution in [0.5, 0.6) is 0 Å². The van der Waals surface area contributed by atoms with Crippen LogP contribution in [0.2, 0.25) is 0 Å². The van der Waals surface area contributed by atoms with Crippen molar-refractivity contribution in [1.29, 1.82) is 0 Å². The topological polar surface area (TPSA) is 58.6 Å². The van der Waals surface area contributed by atoms with Crippen LogP contribution in [-0.4, -0.2) is 43.6 Å². The van der Waals surface area contributed by atoms with Gasteiger partial charge in [-0.1, -0.05) is 6.92 Å². The molecular formula is C9H16F3NO3. The molecule has 0 bridgehead atoms. The third kappa shape index (κ3) is 5.32. The molecule has 0 fully saturated rings. The highest BCUT2D eigenvalue weighted by Crippen LogP contribution is 2.25. The lowest BCUT2D eigenvalue weighted by Gasteiger charge is -2.21.